The summed E-state index contributed by atoms with van der Waals surface area (Å²) in [5, 5.41) is 8.08. The monoisotopic (exact) mass is 232 g/mol. The van der Waals surface area contributed by atoms with Crippen LogP contribution in [-0.4, -0.2) is 24.4 Å². The molecule has 3 aromatic rings. The van der Waals surface area contributed by atoms with Crippen molar-refractivity contribution >= 4 is 11.5 Å². The molecule has 0 radical (unpaired) electrons. The van der Waals surface area contributed by atoms with Crippen molar-refractivity contribution in [2.24, 2.45) is 7.05 Å². The molecule has 0 bridgehead atoms. The van der Waals surface area contributed by atoms with Crippen molar-refractivity contribution in [3.05, 3.63) is 30.6 Å². The minimum Gasteiger partial charge on any atom is -0.381 e. The number of anilines is 1. The predicted molar refractivity (Wildman–Crippen MR) is 59.6 cm³/mol. The number of fused-ring (bicyclic) bond motifs is 1. The van der Waals surface area contributed by atoms with Gasteiger partial charge >= 0.3 is 0 Å². The Kier molecular flexibility index (Phi) is 1.88. The molecule has 0 aliphatic rings. The lowest BCUT2D eigenvalue weighted by Gasteiger charge is -1.99. The van der Waals surface area contributed by atoms with Gasteiger partial charge < -0.3 is 5.73 Å². The molecule has 0 atom stereocenters. The molecule has 7 heteroatoms. The van der Waals surface area contributed by atoms with Crippen molar-refractivity contribution in [3.63, 3.8) is 0 Å². The molecule has 3 aromatic heterocycles. The number of rotatable bonds is 1. The molecule has 3 heterocycles. The van der Waals surface area contributed by atoms with Crippen LogP contribution in [0.15, 0.2) is 24.8 Å². The molecule has 0 saturated carbocycles. The Morgan fingerprint density at radius 3 is 2.76 bits per heavy atom. The average Bonchev–Trinajstić information content (AvgIpc) is 2.89. The van der Waals surface area contributed by atoms with E-state index in [-0.39, 0.29) is 5.82 Å². The lowest BCUT2D eigenvalue weighted by atomic mass is 10.2. The van der Waals surface area contributed by atoms with Gasteiger partial charge in [0.25, 0.3) is 0 Å². The molecular weight excluding hydrogens is 223 g/mol. The molecule has 0 aliphatic carbocycles. The fraction of sp³-hybridized carbons (Fsp3) is 0.100. The van der Waals surface area contributed by atoms with E-state index in [1.807, 2.05) is 13.2 Å². The van der Waals surface area contributed by atoms with Crippen molar-refractivity contribution in [3.8, 4) is 11.1 Å². The van der Waals surface area contributed by atoms with Crippen LogP contribution in [0.1, 0.15) is 0 Å². The highest BCUT2D eigenvalue weighted by Gasteiger charge is 2.13. The van der Waals surface area contributed by atoms with Crippen LogP contribution >= 0.6 is 0 Å². The first-order valence-electron chi connectivity index (χ1n) is 4.93. The lowest BCUT2D eigenvalue weighted by molar-refractivity contribution is 0.614. The average molecular weight is 232 g/mol. The van der Waals surface area contributed by atoms with Crippen LogP contribution in [0, 0.1) is 5.82 Å². The normalized spacial score (nSPS) is 11.2. The Balaban J connectivity index is 2.29. The van der Waals surface area contributed by atoms with E-state index in [4.69, 9.17) is 5.73 Å². The van der Waals surface area contributed by atoms with Gasteiger partial charge in [-0.15, -0.1) is 0 Å². The van der Waals surface area contributed by atoms with Gasteiger partial charge in [-0.1, -0.05) is 0 Å². The molecule has 86 valence electrons. The third kappa shape index (κ3) is 1.36. The van der Waals surface area contributed by atoms with Crippen LogP contribution in [-0.2, 0) is 7.05 Å². The number of nitrogen functional groups attached to an aromatic ring is 1. The summed E-state index contributed by atoms with van der Waals surface area (Å²) < 4.78 is 16.1. The third-order valence-corrected chi connectivity index (χ3v) is 2.53. The maximum atomic E-state index is 13.2. The Morgan fingerprint density at radius 1 is 1.24 bits per heavy atom. The highest BCUT2D eigenvalue weighted by Crippen LogP contribution is 2.24. The Morgan fingerprint density at radius 2 is 2.06 bits per heavy atom. The smallest absolute Gasteiger partial charge is 0.183 e. The van der Waals surface area contributed by atoms with Crippen molar-refractivity contribution in [1.82, 2.24) is 24.4 Å². The summed E-state index contributed by atoms with van der Waals surface area (Å²) in [5.74, 6) is -0.636. The van der Waals surface area contributed by atoms with Crippen LogP contribution in [0.25, 0.3) is 16.8 Å². The molecule has 6 nitrogen and oxygen atoms in total. The zero-order valence-electron chi connectivity index (χ0n) is 9.00. The highest BCUT2D eigenvalue weighted by molar-refractivity contribution is 5.76. The number of nitrogens with two attached hydrogens (primary N) is 1. The Hall–Kier alpha value is -2.44. The zero-order valence-corrected chi connectivity index (χ0v) is 9.00. The zero-order chi connectivity index (χ0) is 12.0. The molecule has 2 N–H and O–H groups in total. The van der Waals surface area contributed by atoms with Gasteiger partial charge in [0.15, 0.2) is 17.3 Å². The van der Waals surface area contributed by atoms with Gasteiger partial charge in [0.2, 0.25) is 0 Å². The van der Waals surface area contributed by atoms with Gasteiger partial charge in [-0.3, -0.25) is 4.68 Å². The van der Waals surface area contributed by atoms with Gasteiger partial charge in [0.1, 0.15) is 0 Å². The molecule has 0 amide bonds. The van der Waals surface area contributed by atoms with E-state index >= 15 is 0 Å². The van der Waals surface area contributed by atoms with E-state index in [0.717, 1.165) is 17.3 Å². The standard InChI is InChI=1S/C10H9FN6/c1-16-5-6(2-14-16)7-3-15-17-9(12)8(11)4-13-10(7)17/h2-5H,12H2,1H3. The number of halogens is 1. The van der Waals surface area contributed by atoms with Gasteiger partial charge in [-0.2, -0.15) is 14.7 Å². The van der Waals surface area contributed by atoms with Crippen molar-refractivity contribution in [1.29, 1.82) is 0 Å². The number of hydrogen-bond donors (Lipinski definition) is 1. The van der Waals surface area contributed by atoms with Crippen LogP contribution < -0.4 is 5.73 Å². The fourth-order valence-electron chi connectivity index (χ4n) is 1.69. The predicted octanol–water partition coefficient (Wildman–Crippen LogP) is 0.851. The van der Waals surface area contributed by atoms with Crippen LogP contribution in [0.2, 0.25) is 0 Å². The number of aromatic nitrogens is 5. The van der Waals surface area contributed by atoms with E-state index in [0.29, 0.717) is 5.65 Å². The van der Waals surface area contributed by atoms with E-state index in [2.05, 4.69) is 15.2 Å². The summed E-state index contributed by atoms with van der Waals surface area (Å²) in [6.07, 6.45) is 6.21. The Bertz CT molecular complexity index is 698. The summed E-state index contributed by atoms with van der Waals surface area (Å²) in [7, 11) is 1.82. The van der Waals surface area contributed by atoms with Gasteiger partial charge in [-0.25, -0.2) is 9.37 Å². The topological polar surface area (TPSA) is 74.0 Å². The van der Waals surface area contributed by atoms with E-state index in [1.165, 1.54) is 4.52 Å². The molecule has 0 fully saturated rings. The second kappa shape index (κ2) is 3.27. The van der Waals surface area contributed by atoms with Gasteiger partial charge in [0, 0.05) is 24.4 Å². The van der Waals surface area contributed by atoms with E-state index < -0.39 is 5.82 Å². The summed E-state index contributed by atoms with van der Waals surface area (Å²) in [4.78, 5) is 4.00. The van der Waals surface area contributed by atoms with Gasteiger partial charge in [-0.05, 0) is 0 Å². The minimum absolute atomic E-state index is 0.0508. The quantitative estimate of drug-likeness (QED) is 0.675. The lowest BCUT2D eigenvalue weighted by Crippen LogP contribution is -2.03. The number of hydrogen-bond acceptors (Lipinski definition) is 4. The van der Waals surface area contributed by atoms with Crippen molar-refractivity contribution in [2.45, 2.75) is 0 Å². The second-order valence-electron chi connectivity index (χ2n) is 3.69. The number of aryl methyl sites for hydroxylation is 1. The molecule has 0 aliphatic heterocycles. The van der Waals surface area contributed by atoms with Crippen LogP contribution in [0.3, 0.4) is 0 Å². The molecular formula is C10H9FN6. The minimum atomic E-state index is -0.585. The van der Waals surface area contributed by atoms with Crippen molar-refractivity contribution < 1.29 is 4.39 Å². The molecule has 0 aromatic carbocycles. The maximum absolute atomic E-state index is 13.2. The molecule has 3 rings (SSSR count). The first kappa shape index (κ1) is 9.76. The third-order valence-electron chi connectivity index (χ3n) is 2.53. The largest absolute Gasteiger partial charge is 0.381 e. The highest BCUT2D eigenvalue weighted by atomic mass is 19.1. The summed E-state index contributed by atoms with van der Waals surface area (Å²) in [6.45, 7) is 0. The van der Waals surface area contributed by atoms with Crippen LogP contribution in [0.4, 0.5) is 10.2 Å². The Labute approximate surface area is 95.5 Å². The molecule has 0 spiro atoms. The van der Waals surface area contributed by atoms with Crippen molar-refractivity contribution in [2.75, 3.05) is 5.73 Å². The first-order valence-corrected chi connectivity index (χ1v) is 4.93. The summed E-state index contributed by atoms with van der Waals surface area (Å²) >= 11 is 0. The van der Waals surface area contributed by atoms with E-state index in [9.17, 15) is 4.39 Å². The SMILES string of the molecule is Cn1cc(-c2cnn3c(N)c(F)cnc23)cn1. The first-order chi connectivity index (χ1) is 8.16. The number of nitrogens with zero attached hydrogens (tertiary/aromatic N) is 5. The van der Waals surface area contributed by atoms with Gasteiger partial charge in [0.05, 0.1) is 18.6 Å². The second-order valence-corrected chi connectivity index (χ2v) is 3.69. The van der Waals surface area contributed by atoms with E-state index in [1.54, 1.807) is 17.1 Å². The maximum Gasteiger partial charge on any atom is 0.183 e. The molecule has 0 saturated heterocycles. The fourth-order valence-corrected chi connectivity index (χ4v) is 1.69. The van der Waals surface area contributed by atoms with Crippen LogP contribution in [0.5, 0.6) is 0 Å². The molecule has 17 heavy (non-hydrogen) atoms. The summed E-state index contributed by atoms with van der Waals surface area (Å²) in [5.41, 5.74) is 7.72. The summed E-state index contributed by atoms with van der Waals surface area (Å²) in [6, 6.07) is 0. The molecule has 0 unspecified atom stereocenters.